The van der Waals surface area contributed by atoms with Crippen LogP contribution in [0, 0.1) is 5.82 Å². The van der Waals surface area contributed by atoms with Crippen molar-refractivity contribution in [1.29, 1.82) is 0 Å². The van der Waals surface area contributed by atoms with E-state index >= 15 is 0 Å². The topological polar surface area (TPSA) is 58.4 Å². The highest BCUT2D eigenvalue weighted by Crippen LogP contribution is 2.27. The van der Waals surface area contributed by atoms with E-state index in [1.807, 2.05) is 12.3 Å². The Morgan fingerprint density at radius 1 is 1.24 bits per heavy atom. The van der Waals surface area contributed by atoms with Crippen molar-refractivity contribution in [2.45, 2.75) is 18.8 Å². The standard InChI is InChI=1S/C19H19FN4O/c20-16-3-1-2-4-17(16)23-19(25)15-12-22-24-10-7-14(11-18(15)24)13-5-8-21-9-6-13/h1-4,7,10-13,21H,5-6,8-9H2,(H,23,25). The highest BCUT2D eigenvalue weighted by atomic mass is 19.1. The molecule has 4 rings (SSSR count). The van der Waals surface area contributed by atoms with E-state index in [0.717, 1.165) is 31.4 Å². The zero-order valence-electron chi connectivity index (χ0n) is 13.7. The van der Waals surface area contributed by atoms with Crippen molar-refractivity contribution in [3.8, 4) is 0 Å². The van der Waals surface area contributed by atoms with Gasteiger partial charge in [-0.15, -0.1) is 0 Å². The normalized spacial score (nSPS) is 15.4. The predicted molar refractivity (Wildman–Crippen MR) is 94.4 cm³/mol. The molecule has 0 atom stereocenters. The van der Waals surface area contributed by atoms with E-state index in [9.17, 15) is 9.18 Å². The fourth-order valence-electron chi connectivity index (χ4n) is 3.33. The molecule has 3 aromatic rings. The Hall–Kier alpha value is -2.73. The third-order valence-corrected chi connectivity index (χ3v) is 4.72. The van der Waals surface area contributed by atoms with Crippen molar-refractivity contribution < 1.29 is 9.18 Å². The quantitative estimate of drug-likeness (QED) is 0.771. The van der Waals surface area contributed by atoms with Crippen LogP contribution in [0.4, 0.5) is 10.1 Å². The van der Waals surface area contributed by atoms with Crippen LogP contribution in [0.5, 0.6) is 0 Å². The number of rotatable bonds is 3. The van der Waals surface area contributed by atoms with Crippen LogP contribution in [-0.2, 0) is 0 Å². The molecule has 0 spiro atoms. The predicted octanol–water partition coefficient (Wildman–Crippen LogP) is 3.19. The van der Waals surface area contributed by atoms with Crippen molar-refractivity contribution in [2.75, 3.05) is 18.4 Å². The summed E-state index contributed by atoms with van der Waals surface area (Å²) in [7, 11) is 0. The number of hydrogen-bond donors (Lipinski definition) is 2. The number of nitrogens with zero attached hydrogens (tertiary/aromatic N) is 2. The minimum atomic E-state index is -0.456. The second kappa shape index (κ2) is 6.64. The number of amides is 1. The molecule has 0 aliphatic carbocycles. The summed E-state index contributed by atoms with van der Waals surface area (Å²) in [5, 5.41) is 10.2. The first-order valence-corrected chi connectivity index (χ1v) is 8.46. The second-order valence-electron chi connectivity index (χ2n) is 6.31. The molecule has 128 valence electrons. The van der Waals surface area contributed by atoms with Crippen LogP contribution in [0.15, 0.2) is 48.8 Å². The Balaban J connectivity index is 1.65. The number of carbonyl (C=O) groups excluding carboxylic acids is 1. The molecule has 0 radical (unpaired) electrons. The molecule has 3 heterocycles. The van der Waals surface area contributed by atoms with Crippen LogP contribution in [0.1, 0.15) is 34.7 Å². The molecule has 25 heavy (non-hydrogen) atoms. The number of halogens is 1. The molecule has 5 nitrogen and oxygen atoms in total. The van der Waals surface area contributed by atoms with Crippen LogP contribution in [0.25, 0.3) is 5.52 Å². The number of hydrogen-bond acceptors (Lipinski definition) is 3. The lowest BCUT2D eigenvalue weighted by Gasteiger charge is -2.23. The molecular formula is C19H19FN4O. The number of anilines is 1. The van der Waals surface area contributed by atoms with Crippen LogP contribution < -0.4 is 10.6 Å². The molecule has 6 heteroatoms. The molecule has 0 saturated carbocycles. The van der Waals surface area contributed by atoms with Gasteiger partial charge in [-0.25, -0.2) is 8.91 Å². The fraction of sp³-hybridized carbons (Fsp3) is 0.263. The van der Waals surface area contributed by atoms with Crippen LogP contribution in [-0.4, -0.2) is 28.6 Å². The molecule has 0 unspecified atom stereocenters. The zero-order valence-corrected chi connectivity index (χ0v) is 13.7. The van der Waals surface area contributed by atoms with E-state index in [4.69, 9.17) is 0 Å². The van der Waals surface area contributed by atoms with E-state index in [1.54, 1.807) is 22.7 Å². The number of nitrogens with one attached hydrogen (secondary N) is 2. The van der Waals surface area contributed by atoms with Gasteiger partial charge in [0.1, 0.15) is 5.82 Å². The van der Waals surface area contributed by atoms with Crippen molar-refractivity contribution in [1.82, 2.24) is 14.9 Å². The third-order valence-electron chi connectivity index (χ3n) is 4.72. The lowest BCUT2D eigenvalue weighted by atomic mass is 9.90. The summed E-state index contributed by atoms with van der Waals surface area (Å²) in [5.74, 6) is -0.325. The van der Waals surface area contributed by atoms with E-state index in [0.29, 0.717) is 11.5 Å². The Labute approximate surface area is 144 Å². The smallest absolute Gasteiger partial charge is 0.259 e. The van der Waals surface area contributed by atoms with E-state index in [1.165, 1.54) is 17.8 Å². The van der Waals surface area contributed by atoms with Gasteiger partial charge in [-0.1, -0.05) is 12.1 Å². The largest absolute Gasteiger partial charge is 0.319 e. The van der Waals surface area contributed by atoms with Crippen molar-refractivity contribution in [3.05, 3.63) is 65.7 Å². The summed E-state index contributed by atoms with van der Waals surface area (Å²) in [6, 6.07) is 10.2. The second-order valence-corrected chi connectivity index (χ2v) is 6.31. The first-order valence-electron chi connectivity index (χ1n) is 8.46. The number of benzene rings is 1. The highest BCUT2D eigenvalue weighted by Gasteiger charge is 2.19. The highest BCUT2D eigenvalue weighted by molar-refractivity contribution is 6.08. The average Bonchev–Trinajstić information content (AvgIpc) is 3.07. The van der Waals surface area contributed by atoms with Crippen molar-refractivity contribution >= 4 is 17.1 Å². The summed E-state index contributed by atoms with van der Waals surface area (Å²) < 4.78 is 15.5. The molecule has 1 aliphatic rings. The van der Waals surface area contributed by atoms with Gasteiger partial charge in [-0.2, -0.15) is 5.10 Å². The average molecular weight is 338 g/mol. The van der Waals surface area contributed by atoms with Crippen LogP contribution in [0.2, 0.25) is 0 Å². The number of fused-ring (bicyclic) bond motifs is 1. The third kappa shape index (κ3) is 3.13. The maximum Gasteiger partial charge on any atom is 0.259 e. The van der Waals surface area contributed by atoms with Gasteiger partial charge >= 0.3 is 0 Å². The lowest BCUT2D eigenvalue weighted by molar-refractivity contribution is 0.102. The number of pyridine rings is 1. The van der Waals surface area contributed by atoms with Crippen molar-refractivity contribution in [2.24, 2.45) is 0 Å². The van der Waals surface area contributed by atoms with Gasteiger partial charge in [0.15, 0.2) is 0 Å². The summed E-state index contributed by atoms with van der Waals surface area (Å²) >= 11 is 0. The van der Waals surface area contributed by atoms with E-state index in [2.05, 4.69) is 21.8 Å². The summed E-state index contributed by atoms with van der Waals surface area (Å²) in [6.07, 6.45) is 5.58. The SMILES string of the molecule is O=C(Nc1ccccc1F)c1cnn2ccc(C3CCNCC3)cc12. The zero-order chi connectivity index (χ0) is 17.2. The van der Waals surface area contributed by atoms with Gasteiger partial charge in [0.2, 0.25) is 0 Å². The molecule has 0 bridgehead atoms. The number of carbonyl (C=O) groups is 1. The fourth-order valence-corrected chi connectivity index (χ4v) is 3.33. The minimum Gasteiger partial charge on any atom is -0.319 e. The van der Waals surface area contributed by atoms with E-state index in [-0.39, 0.29) is 11.6 Å². The van der Waals surface area contributed by atoms with Gasteiger partial charge in [0.05, 0.1) is 23.0 Å². The number of piperidine rings is 1. The molecule has 1 saturated heterocycles. The van der Waals surface area contributed by atoms with Gasteiger partial charge in [-0.3, -0.25) is 4.79 Å². The Bertz CT molecular complexity index is 915. The van der Waals surface area contributed by atoms with Gasteiger partial charge in [0.25, 0.3) is 5.91 Å². The first-order chi connectivity index (χ1) is 12.2. The summed E-state index contributed by atoms with van der Waals surface area (Å²) in [6.45, 7) is 2.02. The van der Waals surface area contributed by atoms with Crippen LogP contribution >= 0.6 is 0 Å². The maximum atomic E-state index is 13.8. The van der Waals surface area contributed by atoms with Crippen LogP contribution in [0.3, 0.4) is 0 Å². The Morgan fingerprint density at radius 3 is 2.84 bits per heavy atom. The first kappa shape index (κ1) is 15.8. The molecule has 1 fully saturated rings. The van der Waals surface area contributed by atoms with Crippen molar-refractivity contribution in [3.63, 3.8) is 0 Å². The van der Waals surface area contributed by atoms with E-state index < -0.39 is 5.82 Å². The Morgan fingerprint density at radius 2 is 2.04 bits per heavy atom. The number of aromatic nitrogens is 2. The minimum absolute atomic E-state index is 0.168. The molecule has 1 amide bonds. The summed E-state index contributed by atoms with van der Waals surface area (Å²) in [4.78, 5) is 12.6. The monoisotopic (exact) mass is 338 g/mol. The molecular weight excluding hydrogens is 319 g/mol. The maximum absolute atomic E-state index is 13.8. The molecule has 2 aromatic heterocycles. The summed E-state index contributed by atoms with van der Waals surface area (Å²) in [5.41, 5.74) is 2.57. The molecule has 1 aliphatic heterocycles. The lowest BCUT2D eigenvalue weighted by Crippen LogP contribution is -2.26. The number of para-hydroxylation sites is 1. The Kier molecular flexibility index (Phi) is 4.19. The van der Waals surface area contributed by atoms with Gasteiger partial charge in [-0.05, 0) is 61.7 Å². The van der Waals surface area contributed by atoms with Gasteiger partial charge in [0, 0.05) is 6.20 Å². The van der Waals surface area contributed by atoms with Gasteiger partial charge < -0.3 is 10.6 Å². The molecule has 2 N–H and O–H groups in total. The molecule has 1 aromatic carbocycles.